The Bertz CT molecular complexity index is 481. The molecule has 6 nitrogen and oxygen atoms in total. The molecule has 0 spiro atoms. The first-order valence-corrected chi connectivity index (χ1v) is 8.32. The number of rotatable bonds is 6. The summed E-state index contributed by atoms with van der Waals surface area (Å²) in [5.74, 6) is -0.0484. The molecule has 142 valence electrons. The molecule has 1 aromatic carbocycles. The average Bonchev–Trinajstić information content (AvgIpc) is 2.52. The minimum atomic E-state index is -0.429. The van der Waals surface area contributed by atoms with Crippen LogP contribution in [-0.2, 0) is 25.5 Å². The number of amides is 2. The van der Waals surface area contributed by atoms with Gasteiger partial charge in [0.25, 0.3) is 0 Å². The number of nitrogens with one attached hydrogen (secondary N) is 1. The largest absolute Gasteiger partial charge is 0.468 e. The predicted molar refractivity (Wildman–Crippen MR) is 99.8 cm³/mol. The van der Waals surface area contributed by atoms with E-state index in [2.05, 4.69) is 36.6 Å². The van der Waals surface area contributed by atoms with Crippen LogP contribution in [0.15, 0.2) is 30.3 Å². The van der Waals surface area contributed by atoms with Gasteiger partial charge in [-0.05, 0) is 24.3 Å². The molecule has 0 saturated heterocycles. The van der Waals surface area contributed by atoms with Crippen molar-refractivity contribution in [3.63, 3.8) is 0 Å². The third-order valence-corrected chi connectivity index (χ3v) is 2.37. The standard InChI is InChI=1S/C13H17NO3.C4H10.C2H5NO/c1-17-13(16)10-14-12(15)9-5-8-11-6-3-2-4-7-11;1-4(2)3;1-2(3)4/h2-4,6-7H,5,8-10H2,1H3,(H,14,15);4H,1-3H3;1H3,(H2,3,4). The summed E-state index contributed by atoms with van der Waals surface area (Å²) in [6.07, 6.45) is 2.06. The molecule has 25 heavy (non-hydrogen) atoms. The number of esters is 1. The maximum absolute atomic E-state index is 11.3. The van der Waals surface area contributed by atoms with Crippen LogP contribution in [0.2, 0.25) is 0 Å². The fourth-order valence-electron chi connectivity index (χ4n) is 1.43. The molecule has 0 saturated carbocycles. The van der Waals surface area contributed by atoms with Crippen LogP contribution in [0.3, 0.4) is 0 Å². The lowest BCUT2D eigenvalue weighted by molar-refractivity contribution is -0.141. The zero-order valence-corrected chi connectivity index (χ0v) is 16.0. The molecule has 3 N–H and O–H groups in total. The summed E-state index contributed by atoms with van der Waals surface area (Å²) in [5, 5.41) is 2.51. The molecule has 0 heterocycles. The monoisotopic (exact) mass is 352 g/mol. The van der Waals surface area contributed by atoms with Crippen molar-refractivity contribution in [1.82, 2.24) is 5.32 Å². The number of benzene rings is 1. The maximum Gasteiger partial charge on any atom is 0.325 e. The van der Waals surface area contributed by atoms with Crippen LogP contribution >= 0.6 is 0 Å². The van der Waals surface area contributed by atoms with E-state index in [9.17, 15) is 14.4 Å². The van der Waals surface area contributed by atoms with Crippen LogP contribution < -0.4 is 11.1 Å². The summed E-state index contributed by atoms with van der Waals surface area (Å²) < 4.78 is 4.42. The highest BCUT2D eigenvalue weighted by molar-refractivity contribution is 5.81. The van der Waals surface area contributed by atoms with Gasteiger partial charge in [0.2, 0.25) is 11.8 Å². The van der Waals surface area contributed by atoms with Gasteiger partial charge in [-0.1, -0.05) is 51.1 Å². The van der Waals surface area contributed by atoms with Crippen molar-refractivity contribution in [2.45, 2.75) is 47.0 Å². The summed E-state index contributed by atoms with van der Waals surface area (Å²) >= 11 is 0. The molecule has 0 bridgehead atoms. The molecule has 0 fully saturated rings. The number of hydrogen-bond acceptors (Lipinski definition) is 4. The predicted octanol–water partition coefficient (Wildman–Crippen LogP) is 2.45. The van der Waals surface area contributed by atoms with Crippen molar-refractivity contribution in [3.8, 4) is 0 Å². The topological polar surface area (TPSA) is 98.5 Å². The van der Waals surface area contributed by atoms with E-state index in [-0.39, 0.29) is 18.4 Å². The van der Waals surface area contributed by atoms with Crippen LogP contribution in [-0.4, -0.2) is 31.4 Å². The third-order valence-electron chi connectivity index (χ3n) is 2.37. The number of nitrogens with two attached hydrogens (primary N) is 1. The van der Waals surface area contributed by atoms with Gasteiger partial charge in [0, 0.05) is 13.3 Å². The van der Waals surface area contributed by atoms with Gasteiger partial charge < -0.3 is 15.8 Å². The zero-order valence-electron chi connectivity index (χ0n) is 16.0. The highest BCUT2D eigenvalue weighted by Gasteiger charge is 2.04. The number of aryl methyl sites for hydroxylation is 1. The molecule has 0 aliphatic heterocycles. The summed E-state index contributed by atoms with van der Waals surface area (Å²) in [6, 6.07) is 9.99. The van der Waals surface area contributed by atoms with Gasteiger partial charge in [0.15, 0.2) is 0 Å². The normalized spacial score (nSPS) is 9.04. The molecule has 6 heteroatoms. The molecule has 0 unspecified atom stereocenters. The molecule has 0 aliphatic rings. The Morgan fingerprint density at radius 1 is 1.12 bits per heavy atom. The Kier molecular flexibility index (Phi) is 16.4. The van der Waals surface area contributed by atoms with Crippen LogP contribution in [0.1, 0.15) is 46.1 Å². The molecule has 1 rings (SSSR count). The van der Waals surface area contributed by atoms with E-state index in [0.29, 0.717) is 6.42 Å². The highest BCUT2D eigenvalue weighted by atomic mass is 16.5. The SMILES string of the molecule is CC(C)C.CC(N)=O.COC(=O)CNC(=O)CCCc1ccccc1. The first kappa shape index (κ1) is 24.9. The van der Waals surface area contributed by atoms with E-state index < -0.39 is 5.97 Å². The van der Waals surface area contributed by atoms with Crippen molar-refractivity contribution in [2.75, 3.05) is 13.7 Å². The molecule has 0 atom stereocenters. The molecular weight excluding hydrogens is 320 g/mol. The van der Waals surface area contributed by atoms with Gasteiger partial charge in [-0.25, -0.2) is 0 Å². The second-order valence-corrected chi connectivity index (χ2v) is 6.03. The van der Waals surface area contributed by atoms with Gasteiger partial charge in [0.05, 0.1) is 7.11 Å². The lowest BCUT2D eigenvalue weighted by Crippen LogP contribution is -2.29. The number of ether oxygens (including phenoxy) is 1. The van der Waals surface area contributed by atoms with E-state index in [4.69, 9.17) is 0 Å². The van der Waals surface area contributed by atoms with Gasteiger partial charge in [-0.2, -0.15) is 0 Å². The van der Waals surface area contributed by atoms with Crippen LogP contribution in [0.5, 0.6) is 0 Å². The first-order chi connectivity index (χ1) is 11.7. The summed E-state index contributed by atoms with van der Waals surface area (Å²) in [5.41, 5.74) is 5.69. The molecule has 2 amide bonds. The summed E-state index contributed by atoms with van der Waals surface area (Å²) in [4.78, 5) is 31.3. The second kappa shape index (κ2) is 16.5. The Morgan fingerprint density at radius 3 is 2.04 bits per heavy atom. The van der Waals surface area contributed by atoms with Gasteiger partial charge in [0.1, 0.15) is 6.54 Å². The number of carbonyl (C=O) groups is 3. The third kappa shape index (κ3) is 24.0. The minimum Gasteiger partial charge on any atom is -0.468 e. The minimum absolute atomic E-state index is 0.0549. The maximum atomic E-state index is 11.3. The number of primary amides is 1. The number of hydrogen-bond donors (Lipinski definition) is 2. The van der Waals surface area contributed by atoms with Crippen LogP contribution in [0, 0.1) is 5.92 Å². The van der Waals surface area contributed by atoms with E-state index in [0.717, 1.165) is 18.8 Å². The van der Waals surface area contributed by atoms with Crippen molar-refractivity contribution in [1.29, 1.82) is 0 Å². The lowest BCUT2D eigenvalue weighted by Gasteiger charge is -2.04. The first-order valence-electron chi connectivity index (χ1n) is 8.32. The molecule has 0 aliphatic carbocycles. The van der Waals surface area contributed by atoms with Crippen LogP contribution in [0.4, 0.5) is 0 Å². The van der Waals surface area contributed by atoms with Crippen molar-refractivity contribution < 1.29 is 19.1 Å². The van der Waals surface area contributed by atoms with E-state index in [1.165, 1.54) is 19.6 Å². The average molecular weight is 352 g/mol. The molecule has 0 aromatic heterocycles. The smallest absolute Gasteiger partial charge is 0.325 e. The van der Waals surface area contributed by atoms with Gasteiger partial charge in [-0.3, -0.25) is 14.4 Å². The Morgan fingerprint density at radius 2 is 1.60 bits per heavy atom. The number of carbonyl (C=O) groups excluding carboxylic acids is 3. The van der Waals surface area contributed by atoms with E-state index >= 15 is 0 Å². The Hall–Kier alpha value is -2.37. The fourth-order valence-corrected chi connectivity index (χ4v) is 1.43. The van der Waals surface area contributed by atoms with Crippen LogP contribution in [0.25, 0.3) is 0 Å². The van der Waals surface area contributed by atoms with Gasteiger partial charge in [-0.15, -0.1) is 0 Å². The zero-order chi connectivity index (χ0) is 19.7. The lowest BCUT2D eigenvalue weighted by atomic mass is 10.1. The fraction of sp³-hybridized carbons (Fsp3) is 0.526. The molecular formula is C19H32N2O4. The van der Waals surface area contributed by atoms with E-state index in [1.807, 2.05) is 30.3 Å². The number of methoxy groups -OCH3 is 1. The summed E-state index contributed by atoms with van der Waals surface area (Å²) in [7, 11) is 1.30. The van der Waals surface area contributed by atoms with Crippen molar-refractivity contribution in [2.24, 2.45) is 11.7 Å². The van der Waals surface area contributed by atoms with E-state index in [1.54, 1.807) is 0 Å². The van der Waals surface area contributed by atoms with Crippen molar-refractivity contribution >= 4 is 17.8 Å². The molecule has 1 aromatic rings. The quantitative estimate of drug-likeness (QED) is 0.768. The Balaban J connectivity index is 0. The Labute approximate surface area is 151 Å². The summed E-state index contributed by atoms with van der Waals surface area (Å²) in [6.45, 7) is 7.75. The van der Waals surface area contributed by atoms with Gasteiger partial charge >= 0.3 is 5.97 Å². The molecule has 0 radical (unpaired) electrons. The second-order valence-electron chi connectivity index (χ2n) is 6.03. The van der Waals surface area contributed by atoms with Crippen molar-refractivity contribution in [3.05, 3.63) is 35.9 Å². The highest BCUT2D eigenvalue weighted by Crippen LogP contribution is 2.04.